The molecular weight excluding hydrogens is 460 g/mol. The molecule has 0 radical (unpaired) electrons. The lowest BCUT2D eigenvalue weighted by molar-refractivity contribution is -0.384. The van der Waals surface area contributed by atoms with E-state index in [9.17, 15) is 23.3 Å². The lowest BCUT2D eigenvalue weighted by Crippen LogP contribution is -2.16. The molecule has 1 heterocycles. The fraction of sp³-hybridized carbons (Fsp3) is 0.0870. The van der Waals surface area contributed by atoms with Crippen LogP contribution in [0.2, 0.25) is 0 Å². The summed E-state index contributed by atoms with van der Waals surface area (Å²) in [6.45, 7) is 1.65. The van der Waals surface area contributed by atoms with Crippen molar-refractivity contribution in [3.05, 3.63) is 88.1 Å². The number of nitrogens with zero attached hydrogens (tertiary/aromatic N) is 1. The number of ether oxygens (including phenoxy) is 1. The van der Waals surface area contributed by atoms with E-state index in [1.807, 2.05) is 0 Å². The van der Waals surface area contributed by atoms with Crippen LogP contribution in [-0.2, 0) is 10.0 Å². The number of hydrogen-bond donors (Lipinski definition) is 3. The van der Waals surface area contributed by atoms with Crippen molar-refractivity contribution in [3.8, 4) is 5.75 Å². The number of nitro benzene ring substituents is 1. The van der Waals surface area contributed by atoms with E-state index in [0.717, 1.165) is 0 Å². The summed E-state index contributed by atoms with van der Waals surface area (Å²) in [5, 5.41) is 14.1. The van der Waals surface area contributed by atoms with Gasteiger partial charge in [-0.15, -0.1) is 0 Å². The van der Waals surface area contributed by atoms with Crippen LogP contribution in [0.3, 0.4) is 0 Å². The average molecular weight is 481 g/mol. The highest BCUT2D eigenvalue weighted by molar-refractivity contribution is 7.92. The Hall–Kier alpha value is -4.38. The first kappa shape index (κ1) is 22.8. The first-order valence-electron chi connectivity index (χ1n) is 10.0. The number of fused-ring (bicyclic) bond motifs is 1. The van der Waals surface area contributed by atoms with Gasteiger partial charge < -0.3 is 15.0 Å². The van der Waals surface area contributed by atoms with E-state index < -0.39 is 20.9 Å². The lowest BCUT2D eigenvalue weighted by Gasteiger charge is -2.13. The summed E-state index contributed by atoms with van der Waals surface area (Å²) in [6, 6.07) is 15.1. The second-order valence-corrected chi connectivity index (χ2v) is 9.11. The Morgan fingerprint density at radius 1 is 1.03 bits per heavy atom. The fourth-order valence-electron chi connectivity index (χ4n) is 3.45. The minimum atomic E-state index is -3.95. The van der Waals surface area contributed by atoms with Crippen molar-refractivity contribution in [2.24, 2.45) is 0 Å². The molecule has 34 heavy (non-hydrogen) atoms. The summed E-state index contributed by atoms with van der Waals surface area (Å²) >= 11 is 0. The van der Waals surface area contributed by atoms with Gasteiger partial charge in [-0.1, -0.05) is 6.07 Å². The number of aromatic amines is 1. The lowest BCUT2D eigenvalue weighted by atomic mass is 10.1. The number of amides is 1. The van der Waals surface area contributed by atoms with E-state index in [1.54, 1.807) is 43.3 Å². The molecule has 1 aromatic heterocycles. The summed E-state index contributed by atoms with van der Waals surface area (Å²) in [5.41, 5.74) is 1.71. The fourth-order valence-corrected chi connectivity index (χ4v) is 4.78. The highest BCUT2D eigenvalue weighted by Crippen LogP contribution is 2.27. The number of non-ortho nitro benzene ring substituents is 1. The maximum atomic E-state index is 13.0. The first-order valence-corrected chi connectivity index (χ1v) is 11.5. The third kappa shape index (κ3) is 4.55. The number of H-pyrrole nitrogens is 1. The number of methoxy groups -OCH3 is 1. The summed E-state index contributed by atoms with van der Waals surface area (Å²) in [4.78, 5) is 26.3. The normalized spacial score (nSPS) is 11.2. The van der Waals surface area contributed by atoms with Crippen LogP contribution in [0.25, 0.3) is 10.9 Å². The van der Waals surface area contributed by atoms with Gasteiger partial charge in [-0.05, 0) is 55.0 Å². The van der Waals surface area contributed by atoms with E-state index in [4.69, 9.17) is 4.74 Å². The van der Waals surface area contributed by atoms with Crippen molar-refractivity contribution < 1.29 is 22.9 Å². The molecule has 174 valence electrons. The predicted molar refractivity (Wildman–Crippen MR) is 128 cm³/mol. The van der Waals surface area contributed by atoms with Gasteiger partial charge in [0.15, 0.2) is 0 Å². The van der Waals surface area contributed by atoms with Crippen LogP contribution in [0.4, 0.5) is 17.1 Å². The zero-order valence-electron chi connectivity index (χ0n) is 18.2. The molecule has 0 saturated carbocycles. The van der Waals surface area contributed by atoms with E-state index in [2.05, 4.69) is 15.0 Å². The minimum absolute atomic E-state index is 0.00400. The van der Waals surface area contributed by atoms with E-state index in [-0.39, 0.29) is 21.8 Å². The van der Waals surface area contributed by atoms with Crippen LogP contribution < -0.4 is 14.8 Å². The Labute approximate surface area is 194 Å². The summed E-state index contributed by atoms with van der Waals surface area (Å²) in [5.74, 6) is 0.0495. The van der Waals surface area contributed by atoms with Crippen LogP contribution in [0.15, 0.2) is 71.8 Å². The van der Waals surface area contributed by atoms with Crippen molar-refractivity contribution >= 4 is 43.9 Å². The highest BCUT2D eigenvalue weighted by atomic mass is 32.2. The number of benzene rings is 3. The quantitative estimate of drug-likeness (QED) is 0.263. The zero-order valence-corrected chi connectivity index (χ0v) is 19.0. The number of hydrogen-bond acceptors (Lipinski definition) is 6. The smallest absolute Gasteiger partial charge is 0.270 e. The highest BCUT2D eigenvalue weighted by Gasteiger charge is 2.20. The molecule has 10 nitrogen and oxygen atoms in total. The van der Waals surface area contributed by atoms with Gasteiger partial charge in [0, 0.05) is 40.6 Å². The SMILES string of the molecule is COc1ccc(NS(=O)(=O)c2cc(NC(=O)c3c[nH]c4ccc([N+](=O)[O-])cc34)ccc2C)cc1. The van der Waals surface area contributed by atoms with Gasteiger partial charge >= 0.3 is 0 Å². The molecule has 4 aromatic rings. The Bertz CT molecular complexity index is 1510. The Balaban J connectivity index is 1.60. The third-order valence-corrected chi connectivity index (χ3v) is 6.72. The second kappa shape index (κ2) is 8.87. The molecule has 0 bridgehead atoms. The van der Waals surface area contributed by atoms with Gasteiger partial charge in [-0.25, -0.2) is 8.42 Å². The van der Waals surface area contributed by atoms with Crippen molar-refractivity contribution in [1.82, 2.24) is 4.98 Å². The Kier molecular flexibility index (Phi) is 5.95. The molecule has 0 aliphatic heterocycles. The topological polar surface area (TPSA) is 143 Å². The maximum Gasteiger partial charge on any atom is 0.270 e. The molecule has 3 N–H and O–H groups in total. The number of anilines is 2. The number of carbonyl (C=O) groups excluding carboxylic acids is 1. The van der Waals surface area contributed by atoms with Crippen molar-refractivity contribution in [2.75, 3.05) is 17.1 Å². The second-order valence-electron chi connectivity index (χ2n) is 7.46. The molecule has 0 aliphatic rings. The molecule has 3 aromatic carbocycles. The van der Waals surface area contributed by atoms with Gasteiger partial charge in [0.1, 0.15) is 5.75 Å². The van der Waals surface area contributed by atoms with Gasteiger partial charge in [0.05, 0.1) is 22.5 Å². The Morgan fingerprint density at radius 3 is 2.41 bits per heavy atom. The van der Waals surface area contributed by atoms with Crippen LogP contribution in [0.1, 0.15) is 15.9 Å². The van der Waals surface area contributed by atoms with Gasteiger partial charge in [0.2, 0.25) is 0 Å². The van der Waals surface area contributed by atoms with E-state index in [1.165, 1.54) is 37.6 Å². The van der Waals surface area contributed by atoms with Gasteiger partial charge in [-0.3, -0.25) is 19.6 Å². The van der Waals surface area contributed by atoms with Crippen molar-refractivity contribution in [3.63, 3.8) is 0 Å². The minimum Gasteiger partial charge on any atom is -0.497 e. The van der Waals surface area contributed by atoms with E-state index >= 15 is 0 Å². The Morgan fingerprint density at radius 2 is 1.74 bits per heavy atom. The first-order chi connectivity index (χ1) is 16.2. The van der Waals surface area contributed by atoms with E-state index in [0.29, 0.717) is 27.9 Å². The number of rotatable bonds is 7. The molecule has 1 amide bonds. The van der Waals surface area contributed by atoms with Crippen LogP contribution in [-0.4, -0.2) is 31.3 Å². The number of sulfonamides is 1. The van der Waals surface area contributed by atoms with Gasteiger partial charge in [0.25, 0.3) is 21.6 Å². The molecular formula is C23H20N4O6S. The molecule has 0 fully saturated rings. The number of aryl methyl sites for hydroxylation is 1. The number of nitro groups is 1. The largest absolute Gasteiger partial charge is 0.497 e. The van der Waals surface area contributed by atoms with Crippen molar-refractivity contribution in [1.29, 1.82) is 0 Å². The van der Waals surface area contributed by atoms with Crippen LogP contribution in [0.5, 0.6) is 5.75 Å². The van der Waals surface area contributed by atoms with Crippen molar-refractivity contribution in [2.45, 2.75) is 11.8 Å². The molecule has 0 saturated heterocycles. The molecule has 0 unspecified atom stereocenters. The summed E-state index contributed by atoms with van der Waals surface area (Å²) < 4.78 is 33.6. The summed E-state index contributed by atoms with van der Waals surface area (Å²) in [6.07, 6.45) is 1.45. The van der Waals surface area contributed by atoms with Crippen LogP contribution >= 0.6 is 0 Å². The predicted octanol–water partition coefficient (Wildman–Crippen LogP) is 4.45. The molecule has 11 heteroatoms. The van der Waals surface area contributed by atoms with Gasteiger partial charge in [-0.2, -0.15) is 0 Å². The zero-order chi connectivity index (χ0) is 24.5. The molecule has 0 atom stereocenters. The maximum absolute atomic E-state index is 13.0. The number of nitrogens with one attached hydrogen (secondary N) is 3. The third-order valence-electron chi connectivity index (χ3n) is 5.20. The average Bonchev–Trinajstić information content (AvgIpc) is 3.24. The monoisotopic (exact) mass is 480 g/mol. The molecule has 4 rings (SSSR count). The standard InChI is InChI=1S/C23H20N4O6S/c1-14-3-4-16(11-22(14)34(31,32)26-15-5-8-18(33-2)9-6-15)25-23(28)20-13-24-21-10-7-17(27(29)30)12-19(20)21/h3-13,24,26H,1-2H3,(H,25,28). The molecule has 0 spiro atoms. The molecule has 0 aliphatic carbocycles. The number of carbonyl (C=O) groups is 1. The van der Waals surface area contributed by atoms with Crippen LogP contribution in [0, 0.1) is 17.0 Å². The summed E-state index contributed by atoms with van der Waals surface area (Å²) in [7, 11) is -2.44. The number of aromatic nitrogens is 1.